The van der Waals surface area contributed by atoms with Gasteiger partial charge in [-0.1, -0.05) is 12.1 Å². The first-order chi connectivity index (χ1) is 8.08. The zero-order chi connectivity index (χ0) is 12.3. The number of hydrogen-bond donors (Lipinski definition) is 3. The molecule has 0 aromatic heterocycles. The summed E-state index contributed by atoms with van der Waals surface area (Å²) in [6.45, 7) is 3.94. The fourth-order valence-corrected chi connectivity index (χ4v) is 2.60. The lowest BCUT2D eigenvalue weighted by atomic mass is 9.83. The van der Waals surface area contributed by atoms with Gasteiger partial charge in [-0.3, -0.25) is 0 Å². The molecule has 3 nitrogen and oxygen atoms in total. The van der Waals surface area contributed by atoms with Gasteiger partial charge in [-0.15, -0.1) is 0 Å². The second-order valence-corrected chi connectivity index (χ2v) is 5.24. The summed E-state index contributed by atoms with van der Waals surface area (Å²) in [4.78, 5) is 0. The van der Waals surface area contributed by atoms with E-state index in [0.717, 1.165) is 25.1 Å². The van der Waals surface area contributed by atoms with Crippen LogP contribution in [0.1, 0.15) is 31.7 Å². The summed E-state index contributed by atoms with van der Waals surface area (Å²) < 4.78 is 0. The molecule has 0 bridgehead atoms. The van der Waals surface area contributed by atoms with Gasteiger partial charge in [-0.2, -0.15) is 0 Å². The van der Waals surface area contributed by atoms with Crippen molar-refractivity contribution in [2.24, 2.45) is 5.92 Å². The fraction of sp³-hybridized carbons (Fsp3) is 0.571. The summed E-state index contributed by atoms with van der Waals surface area (Å²) in [6.07, 6.45) is 3.14. The molecule has 3 heteroatoms. The summed E-state index contributed by atoms with van der Waals surface area (Å²) in [6, 6.07) is 6.85. The number of aromatic hydroxyl groups is 1. The van der Waals surface area contributed by atoms with Gasteiger partial charge in [0.2, 0.25) is 0 Å². The highest BCUT2D eigenvalue weighted by molar-refractivity contribution is 5.29. The molecular weight excluding hydrogens is 214 g/mol. The van der Waals surface area contributed by atoms with E-state index < -0.39 is 5.60 Å². The van der Waals surface area contributed by atoms with Gasteiger partial charge in [0.15, 0.2) is 0 Å². The third-order valence-electron chi connectivity index (χ3n) is 3.57. The van der Waals surface area contributed by atoms with E-state index in [2.05, 4.69) is 5.32 Å². The van der Waals surface area contributed by atoms with Gasteiger partial charge in [0.05, 0.1) is 5.60 Å². The molecule has 1 aromatic rings. The molecule has 2 rings (SSSR count). The lowest BCUT2D eigenvalue weighted by Gasteiger charge is -2.31. The van der Waals surface area contributed by atoms with Crippen LogP contribution >= 0.6 is 0 Å². The SMILES string of the molecule is CC(O)(CC1CCCNC1)c1ccc(O)cc1. The molecule has 1 aliphatic heterocycles. The third-order valence-corrected chi connectivity index (χ3v) is 3.57. The summed E-state index contributed by atoms with van der Waals surface area (Å²) in [5.74, 6) is 0.774. The maximum Gasteiger partial charge on any atom is 0.115 e. The van der Waals surface area contributed by atoms with Gasteiger partial charge in [-0.05, 0) is 62.9 Å². The molecule has 3 N–H and O–H groups in total. The molecule has 1 saturated heterocycles. The van der Waals surface area contributed by atoms with Crippen molar-refractivity contribution in [3.05, 3.63) is 29.8 Å². The van der Waals surface area contributed by atoms with Gasteiger partial charge in [-0.25, -0.2) is 0 Å². The van der Waals surface area contributed by atoms with E-state index in [1.165, 1.54) is 12.8 Å². The zero-order valence-corrected chi connectivity index (χ0v) is 10.3. The minimum absolute atomic E-state index is 0.240. The average molecular weight is 235 g/mol. The number of piperidine rings is 1. The van der Waals surface area contributed by atoms with E-state index in [-0.39, 0.29) is 5.75 Å². The molecular formula is C14H21NO2. The average Bonchev–Trinajstić information content (AvgIpc) is 2.30. The predicted octanol–water partition coefficient (Wildman–Crippen LogP) is 1.99. The topological polar surface area (TPSA) is 52.5 Å². The first kappa shape index (κ1) is 12.4. The highest BCUT2D eigenvalue weighted by Gasteiger charge is 2.28. The van der Waals surface area contributed by atoms with Crippen molar-refractivity contribution in [3.63, 3.8) is 0 Å². The highest BCUT2D eigenvalue weighted by Crippen LogP contribution is 2.31. The first-order valence-electron chi connectivity index (χ1n) is 6.30. The van der Waals surface area contributed by atoms with Crippen molar-refractivity contribution in [1.82, 2.24) is 5.32 Å². The summed E-state index contributed by atoms with van der Waals surface area (Å²) >= 11 is 0. The van der Waals surface area contributed by atoms with Gasteiger partial charge in [0.1, 0.15) is 5.75 Å². The molecule has 2 atom stereocenters. The Morgan fingerprint density at radius 3 is 2.65 bits per heavy atom. The maximum absolute atomic E-state index is 10.5. The monoisotopic (exact) mass is 235 g/mol. The Morgan fingerprint density at radius 1 is 1.35 bits per heavy atom. The Morgan fingerprint density at radius 2 is 2.06 bits per heavy atom. The largest absolute Gasteiger partial charge is 0.508 e. The number of nitrogens with one attached hydrogen (secondary N) is 1. The second kappa shape index (κ2) is 5.07. The second-order valence-electron chi connectivity index (χ2n) is 5.24. The molecule has 0 radical (unpaired) electrons. The minimum Gasteiger partial charge on any atom is -0.508 e. The van der Waals surface area contributed by atoms with Crippen LogP contribution in [0.5, 0.6) is 5.75 Å². The summed E-state index contributed by atoms with van der Waals surface area (Å²) in [5, 5.41) is 23.1. The molecule has 94 valence electrons. The van der Waals surface area contributed by atoms with Crippen molar-refractivity contribution in [1.29, 1.82) is 0 Å². The zero-order valence-electron chi connectivity index (χ0n) is 10.3. The number of hydrogen-bond acceptors (Lipinski definition) is 3. The molecule has 17 heavy (non-hydrogen) atoms. The van der Waals surface area contributed by atoms with E-state index in [1.54, 1.807) is 24.3 Å². The highest BCUT2D eigenvalue weighted by atomic mass is 16.3. The van der Waals surface area contributed by atoms with Crippen molar-refractivity contribution in [2.75, 3.05) is 13.1 Å². The lowest BCUT2D eigenvalue weighted by molar-refractivity contribution is 0.0260. The molecule has 1 aliphatic rings. The number of phenols is 1. The van der Waals surface area contributed by atoms with Crippen LogP contribution in [0.4, 0.5) is 0 Å². The Labute approximate surface area is 102 Å². The van der Waals surface area contributed by atoms with Crippen molar-refractivity contribution in [3.8, 4) is 5.75 Å². The van der Waals surface area contributed by atoms with Crippen LogP contribution < -0.4 is 5.32 Å². The van der Waals surface area contributed by atoms with E-state index in [1.807, 2.05) is 6.92 Å². The smallest absolute Gasteiger partial charge is 0.115 e. The lowest BCUT2D eigenvalue weighted by Crippen LogP contribution is -2.34. The molecule has 0 saturated carbocycles. The van der Waals surface area contributed by atoms with Crippen molar-refractivity contribution < 1.29 is 10.2 Å². The third kappa shape index (κ3) is 3.20. The molecule has 0 spiro atoms. The molecule has 2 unspecified atom stereocenters. The van der Waals surface area contributed by atoms with Crippen LogP contribution in [-0.4, -0.2) is 23.3 Å². The van der Waals surface area contributed by atoms with Gasteiger partial charge < -0.3 is 15.5 Å². The molecule has 0 aliphatic carbocycles. The number of phenolic OH excluding ortho intramolecular Hbond substituents is 1. The van der Waals surface area contributed by atoms with Crippen LogP contribution in [0.2, 0.25) is 0 Å². The van der Waals surface area contributed by atoms with E-state index in [4.69, 9.17) is 0 Å². The van der Waals surface area contributed by atoms with Gasteiger partial charge in [0.25, 0.3) is 0 Å². The molecule has 1 heterocycles. The Kier molecular flexibility index (Phi) is 3.69. The quantitative estimate of drug-likeness (QED) is 0.751. The van der Waals surface area contributed by atoms with E-state index in [0.29, 0.717) is 5.92 Å². The summed E-state index contributed by atoms with van der Waals surface area (Å²) in [5.41, 5.74) is 0.0677. The van der Waals surface area contributed by atoms with Crippen molar-refractivity contribution in [2.45, 2.75) is 31.8 Å². The predicted molar refractivity (Wildman–Crippen MR) is 67.9 cm³/mol. The molecule has 0 amide bonds. The van der Waals surface area contributed by atoms with E-state index >= 15 is 0 Å². The number of aliphatic hydroxyl groups is 1. The number of rotatable bonds is 3. The van der Waals surface area contributed by atoms with Crippen molar-refractivity contribution >= 4 is 0 Å². The fourth-order valence-electron chi connectivity index (χ4n) is 2.60. The van der Waals surface area contributed by atoms with Crippen LogP contribution in [0.25, 0.3) is 0 Å². The van der Waals surface area contributed by atoms with Gasteiger partial charge in [0, 0.05) is 0 Å². The normalized spacial score (nSPS) is 24.2. The van der Waals surface area contributed by atoms with E-state index in [9.17, 15) is 10.2 Å². The summed E-state index contributed by atoms with van der Waals surface area (Å²) in [7, 11) is 0. The minimum atomic E-state index is -0.808. The Bertz CT molecular complexity index is 353. The van der Waals surface area contributed by atoms with Crippen LogP contribution in [0.3, 0.4) is 0 Å². The van der Waals surface area contributed by atoms with Crippen LogP contribution in [-0.2, 0) is 5.60 Å². The standard InChI is InChI=1S/C14H21NO2/c1-14(17,9-11-3-2-8-15-10-11)12-4-6-13(16)7-5-12/h4-7,11,15-17H,2-3,8-10H2,1H3. The first-order valence-corrected chi connectivity index (χ1v) is 6.30. The maximum atomic E-state index is 10.5. The number of benzene rings is 1. The molecule has 1 aromatic carbocycles. The Balaban J connectivity index is 2.04. The van der Waals surface area contributed by atoms with Crippen LogP contribution in [0.15, 0.2) is 24.3 Å². The molecule has 1 fully saturated rings. The van der Waals surface area contributed by atoms with Crippen LogP contribution in [0, 0.1) is 5.92 Å². The Hall–Kier alpha value is -1.06. The van der Waals surface area contributed by atoms with Gasteiger partial charge >= 0.3 is 0 Å².